The van der Waals surface area contributed by atoms with Crippen LogP contribution in [-0.2, 0) is 12.8 Å². The van der Waals surface area contributed by atoms with Gasteiger partial charge in [-0.15, -0.1) is 0 Å². The lowest BCUT2D eigenvalue weighted by atomic mass is 9.94. The quantitative estimate of drug-likeness (QED) is 0.862. The van der Waals surface area contributed by atoms with Gasteiger partial charge in [-0.25, -0.2) is 0 Å². The second-order valence-corrected chi connectivity index (χ2v) is 6.74. The fraction of sp³-hybridized carbons (Fsp3) is 0.294. The predicted molar refractivity (Wildman–Crippen MR) is 90.2 cm³/mol. The molecule has 4 heteroatoms. The molecule has 0 amide bonds. The van der Waals surface area contributed by atoms with E-state index in [9.17, 15) is 0 Å². The van der Waals surface area contributed by atoms with Crippen LogP contribution in [-0.4, -0.2) is 6.61 Å². The van der Waals surface area contributed by atoms with Crippen molar-refractivity contribution < 1.29 is 4.74 Å². The Kier molecular flexibility index (Phi) is 4.25. The van der Waals surface area contributed by atoms with Gasteiger partial charge in [-0.05, 0) is 53.8 Å². The van der Waals surface area contributed by atoms with Crippen molar-refractivity contribution in [1.82, 2.24) is 0 Å². The first kappa shape index (κ1) is 14.9. The molecule has 1 heterocycles. The molecule has 1 unspecified atom stereocenters. The van der Waals surface area contributed by atoms with Gasteiger partial charge < -0.3 is 10.5 Å². The summed E-state index contributed by atoms with van der Waals surface area (Å²) < 4.78 is 6.85. The third kappa shape index (κ3) is 2.96. The molecule has 0 aromatic heterocycles. The van der Waals surface area contributed by atoms with E-state index in [1.807, 2.05) is 25.1 Å². The van der Waals surface area contributed by atoms with E-state index in [4.69, 9.17) is 22.1 Å². The smallest absolute Gasteiger partial charge is 0.125 e. The topological polar surface area (TPSA) is 35.2 Å². The zero-order chi connectivity index (χ0) is 15.0. The van der Waals surface area contributed by atoms with Crippen LogP contribution >= 0.6 is 27.5 Å². The number of hydrogen-bond acceptors (Lipinski definition) is 2. The van der Waals surface area contributed by atoms with Gasteiger partial charge in [0.1, 0.15) is 5.75 Å². The minimum absolute atomic E-state index is 0.0914. The highest BCUT2D eigenvalue weighted by Gasteiger charge is 2.20. The lowest BCUT2D eigenvalue weighted by Crippen LogP contribution is -2.15. The number of halogens is 2. The Hall–Kier alpha value is -1.03. The molecular weight excluding hydrogens is 350 g/mol. The van der Waals surface area contributed by atoms with Crippen LogP contribution < -0.4 is 10.5 Å². The molecule has 1 atom stereocenters. The summed E-state index contributed by atoms with van der Waals surface area (Å²) in [5.41, 5.74) is 11.0. The van der Waals surface area contributed by atoms with Crippen molar-refractivity contribution in [2.75, 3.05) is 6.61 Å². The Balaban J connectivity index is 1.92. The van der Waals surface area contributed by atoms with E-state index in [0.717, 1.165) is 51.4 Å². The van der Waals surface area contributed by atoms with Crippen molar-refractivity contribution in [3.8, 4) is 5.75 Å². The van der Waals surface area contributed by atoms with Crippen molar-refractivity contribution in [3.05, 3.63) is 62.1 Å². The SMILES string of the molecule is Cc1c(Cl)cccc1C(N)Cc1cc(Br)cc2c1OCC2. The average molecular weight is 367 g/mol. The number of nitrogens with two attached hydrogens (primary N) is 1. The van der Waals surface area contributed by atoms with Crippen LogP contribution in [0.25, 0.3) is 0 Å². The van der Waals surface area contributed by atoms with Crippen LogP contribution in [0.1, 0.15) is 28.3 Å². The molecule has 0 fully saturated rings. The molecule has 1 aliphatic rings. The number of ether oxygens (including phenoxy) is 1. The maximum absolute atomic E-state index is 6.41. The van der Waals surface area contributed by atoms with Crippen LogP contribution in [0.2, 0.25) is 5.02 Å². The summed E-state index contributed by atoms with van der Waals surface area (Å²) in [6, 6.07) is 10.0. The highest BCUT2D eigenvalue weighted by molar-refractivity contribution is 9.10. The molecule has 3 rings (SSSR count). The molecule has 0 spiro atoms. The third-order valence-electron chi connectivity index (χ3n) is 3.97. The van der Waals surface area contributed by atoms with Gasteiger partial charge in [-0.3, -0.25) is 0 Å². The zero-order valence-electron chi connectivity index (χ0n) is 11.8. The second kappa shape index (κ2) is 5.99. The molecule has 0 radical (unpaired) electrons. The molecule has 2 aromatic carbocycles. The minimum atomic E-state index is -0.0914. The summed E-state index contributed by atoms with van der Waals surface area (Å²) in [6.45, 7) is 2.77. The van der Waals surface area contributed by atoms with Gasteiger partial charge in [0.2, 0.25) is 0 Å². The molecule has 0 aliphatic carbocycles. The summed E-state index contributed by atoms with van der Waals surface area (Å²) in [6.07, 6.45) is 1.70. The molecular formula is C17H17BrClNO. The van der Waals surface area contributed by atoms with Gasteiger partial charge in [-0.1, -0.05) is 39.7 Å². The van der Waals surface area contributed by atoms with Crippen LogP contribution in [0.15, 0.2) is 34.8 Å². The molecule has 110 valence electrons. The van der Waals surface area contributed by atoms with Crippen molar-refractivity contribution in [2.24, 2.45) is 5.73 Å². The lowest BCUT2D eigenvalue weighted by molar-refractivity contribution is 0.352. The van der Waals surface area contributed by atoms with Crippen LogP contribution in [0.3, 0.4) is 0 Å². The van der Waals surface area contributed by atoms with E-state index in [1.165, 1.54) is 5.56 Å². The molecule has 0 saturated heterocycles. The van der Waals surface area contributed by atoms with Gasteiger partial charge in [0, 0.05) is 22.0 Å². The van der Waals surface area contributed by atoms with Gasteiger partial charge in [0.05, 0.1) is 6.61 Å². The van der Waals surface area contributed by atoms with E-state index in [2.05, 4.69) is 28.1 Å². The van der Waals surface area contributed by atoms with Crippen LogP contribution in [0.4, 0.5) is 0 Å². The molecule has 2 aromatic rings. The summed E-state index contributed by atoms with van der Waals surface area (Å²) in [7, 11) is 0. The Labute approximate surface area is 138 Å². The highest BCUT2D eigenvalue weighted by Crippen LogP contribution is 2.35. The van der Waals surface area contributed by atoms with Gasteiger partial charge in [0.25, 0.3) is 0 Å². The molecule has 1 aliphatic heterocycles. The maximum Gasteiger partial charge on any atom is 0.125 e. The first-order chi connectivity index (χ1) is 10.1. The fourth-order valence-corrected chi connectivity index (χ4v) is 3.60. The van der Waals surface area contributed by atoms with Gasteiger partial charge >= 0.3 is 0 Å². The molecule has 2 N–H and O–H groups in total. The summed E-state index contributed by atoms with van der Waals surface area (Å²) in [5.74, 6) is 1.01. The minimum Gasteiger partial charge on any atom is -0.493 e. The Morgan fingerprint density at radius 1 is 1.38 bits per heavy atom. The van der Waals surface area contributed by atoms with E-state index in [-0.39, 0.29) is 6.04 Å². The number of benzene rings is 2. The van der Waals surface area contributed by atoms with E-state index in [0.29, 0.717) is 0 Å². The third-order valence-corrected chi connectivity index (χ3v) is 4.84. The molecule has 2 nitrogen and oxygen atoms in total. The largest absolute Gasteiger partial charge is 0.493 e. The van der Waals surface area contributed by atoms with Gasteiger partial charge in [-0.2, -0.15) is 0 Å². The van der Waals surface area contributed by atoms with Crippen LogP contribution in [0.5, 0.6) is 5.75 Å². The fourth-order valence-electron chi connectivity index (χ4n) is 2.87. The number of hydrogen-bond donors (Lipinski definition) is 1. The summed E-state index contributed by atoms with van der Waals surface area (Å²) >= 11 is 9.76. The highest BCUT2D eigenvalue weighted by atomic mass is 79.9. The lowest BCUT2D eigenvalue weighted by Gasteiger charge is -2.17. The average Bonchev–Trinajstić information content (AvgIpc) is 2.90. The number of fused-ring (bicyclic) bond motifs is 1. The normalized spacial score (nSPS) is 14.7. The Morgan fingerprint density at radius 3 is 3.00 bits per heavy atom. The second-order valence-electron chi connectivity index (χ2n) is 5.42. The first-order valence-corrected chi connectivity index (χ1v) is 8.18. The predicted octanol–water partition coefficient (Wildman–Crippen LogP) is 4.59. The Morgan fingerprint density at radius 2 is 2.19 bits per heavy atom. The zero-order valence-corrected chi connectivity index (χ0v) is 14.2. The van der Waals surface area contributed by atoms with E-state index >= 15 is 0 Å². The molecule has 0 saturated carbocycles. The van der Waals surface area contributed by atoms with Crippen molar-refractivity contribution in [2.45, 2.75) is 25.8 Å². The van der Waals surface area contributed by atoms with Crippen molar-refractivity contribution >= 4 is 27.5 Å². The van der Waals surface area contributed by atoms with Crippen molar-refractivity contribution in [3.63, 3.8) is 0 Å². The molecule has 21 heavy (non-hydrogen) atoms. The number of rotatable bonds is 3. The van der Waals surface area contributed by atoms with Crippen molar-refractivity contribution in [1.29, 1.82) is 0 Å². The maximum atomic E-state index is 6.41. The monoisotopic (exact) mass is 365 g/mol. The van der Waals surface area contributed by atoms with Gasteiger partial charge in [0.15, 0.2) is 0 Å². The van der Waals surface area contributed by atoms with Crippen LogP contribution in [0, 0.1) is 6.92 Å². The van der Waals surface area contributed by atoms with E-state index in [1.54, 1.807) is 0 Å². The van der Waals surface area contributed by atoms with E-state index < -0.39 is 0 Å². The summed E-state index contributed by atoms with van der Waals surface area (Å²) in [5, 5.41) is 0.763. The summed E-state index contributed by atoms with van der Waals surface area (Å²) in [4.78, 5) is 0. The first-order valence-electron chi connectivity index (χ1n) is 7.01. The Bertz CT molecular complexity index is 687. The molecule has 0 bridgehead atoms. The standard InChI is InChI=1S/C17H17BrClNO/c1-10-14(3-2-4-15(10)19)16(20)9-12-8-13(18)7-11-5-6-21-17(11)12/h2-4,7-8,16H,5-6,9,20H2,1H3.